The quantitative estimate of drug-likeness (QED) is 0.865. The summed E-state index contributed by atoms with van der Waals surface area (Å²) in [5, 5.41) is 9.11. The number of nitrogens with zero attached hydrogens (tertiary/aromatic N) is 3. The Hall–Kier alpha value is -1.47. The molecule has 1 aromatic heterocycles. The molecule has 7 nitrogen and oxygen atoms in total. The van der Waals surface area contributed by atoms with Crippen LogP contribution in [0.15, 0.2) is 6.33 Å². The summed E-state index contributed by atoms with van der Waals surface area (Å²) in [7, 11) is 0. The highest BCUT2D eigenvalue weighted by Crippen LogP contribution is 2.39. The molecule has 3 rings (SSSR count). The maximum atomic E-state index is 11.8. The van der Waals surface area contributed by atoms with E-state index < -0.39 is 0 Å². The predicted molar refractivity (Wildman–Crippen MR) is 81.5 cm³/mol. The number of aromatic nitrogens is 3. The van der Waals surface area contributed by atoms with E-state index in [4.69, 9.17) is 4.74 Å². The van der Waals surface area contributed by atoms with E-state index in [0.717, 1.165) is 38.8 Å². The molecular weight excluding hydrogens is 282 g/mol. The fraction of sp³-hybridized carbons (Fsp3) is 0.800. The number of hydrogen-bond acceptors (Lipinski definition) is 5. The summed E-state index contributed by atoms with van der Waals surface area (Å²) in [6.45, 7) is 7.24. The molecule has 1 aromatic rings. The van der Waals surface area contributed by atoms with E-state index in [-0.39, 0.29) is 23.4 Å². The van der Waals surface area contributed by atoms with Gasteiger partial charge < -0.3 is 15.0 Å². The maximum Gasteiger partial charge on any atom is 0.288 e. The smallest absolute Gasteiger partial charge is 0.288 e. The second-order valence-electron chi connectivity index (χ2n) is 6.64. The first-order valence-electron chi connectivity index (χ1n) is 8.13. The van der Waals surface area contributed by atoms with Crippen molar-refractivity contribution in [2.75, 3.05) is 19.6 Å². The third-order valence-electron chi connectivity index (χ3n) is 4.90. The molecule has 0 saturated carbocycles. The van der Waals surface area contributed by atoms with Gasteiger partial charge in [-0.05, 0) is 39.5 Å². The van der Waals surface area contributed by atoms with Gasteiger partial charge in [0.25, 0.3) is 5.91 Å². The van der Waals surface area contributed by atoms with Gasteiger partial charge in [0.2, 0.25) is 5.82 Å². The van der Waals surface area contributed by atoms with E-state index in [9.17, 15) is 4.79 Å². The SMILES string of the molecule is CC(C)N1CCC2(CC[C@H](CNC(=O)c3ncn[nH]3)O2)CC1. The molecule has 2 N–H and O–H groups in total. The van der Waals surface area contributed by atoms with Crippen molar-refractivity contribution in [3.05, 3.63) is 12.2 Å². The second kappa shape index (κ2) is 6.34. The number of amides is 1. The average Bonchev–Trinajstić information content (AvgIpc) is 3.16. The van der Waals surface area contributed by atoms with Gasteiger partial charge in [-0.25, -0.2) is 4.98 Å². The van der Waals surface area contributed by atoms with Crippen molar-refractivity contribution >= 4 is 5.91 Å². The van der Waals surface area contributed by atoms with Gasteiger partial charge >= 0.3 is 0 Å². The normalized spacial score (nSPS) is 25.0. The molecule has 122 valence electrons. The Bertz CT molecular complexity index is 494. The number of rotatable bonds is 4. The summed E-state index contributed by atoms with van der Waals surface area (Å²) in [6, 6.07) is 0.607. The van der Waals surface area contributed by atoms with Crippen molar-refractivity contribution in [1.29, 1.82) is 0 Å². The Morgan fingerprint density at radius 1 is 1.50 bits per heavy atom. The topological polar surface area (TPSA) is 83.1 Å². The zero-order chi connectivity index (χ0) is 15.6. The monoisotopic (exact) mass is 307 g/mol. The Morgan fingerprint density at radius 2 is 2.27 bits per heavy atom. The first-order valence-corrected chi connectivity index (χ1v) is 8.13. The van der Waals surface area contributed by atoms with E-state index in [0.29, 0.717) is 12.6 Å². The maximum absolute atomic E-state index is 11.8. The molecule has 0 bridgehead atoms. The predicted octanol–water partition coefficient (Wildman–Crippen LogP) is 0.957. The molecule has 1 amide bonds. The van der Waals surface area contributed by atoms with E-state index in [1.165, 1.54) is 6.33 Å². The largest absolute Gasteiger partial charge is 0.370 e. The highest BCUT2D eigenvalue weighted by molar-refractivity contribution is 5.90. The molecule has 22 heavy (non-hydrogen) atoms. The molecule has 0 aromatic carbocycles. The van der Waals surface area contributed by atoms with Crippen molar-refractivity contribution in [3.63, 3.8) is 0 Å². The van der Waals surface area contributed by atoms with Gasteiger partial charge in [-0.3, -0.25) is 9.89 Å². The van der Waals surface area contributed by atoms with Gasteiger partial charge in [-0.2, -0.15) is 5.10 Å². The summed E-state index contributed by atoms with van der Waals surface area (Å²) < 4.78 is 6.30. The van der Waals surface area contributed by atoms with E-state index in [1.807, 2.05) is 0 Å². The standard InChI is InChI=1S/C15H25N5O2/c1-11(2)20-7-5-15(6-8-20)4-3-12(22-15)9-16-14(21)13-17-10-18-19-13/h10-12H,3-9H2,1-2H3,(H,16,21)(H,17,18,19)/t12-/m1/s1. The van der Waals surface area contributed by atoms with Crippen LogP contribution < -0.4 is 5.32 Å². The number of H-pyrrole nitrogens is 1. The summed E-state index contributed by atoms with van der Waals surface area (Å²) in [4.78, 5) is 18.2. The van der Waals surface area contributed by atoms with Crippen molar-refractivity contribution in [1.82, 2.24) is 25.4 Å². The Kier molecular flexibility index (Phi) is 4.44. The lowest BCUT2D eigenvalue weighted by Gasteiger charge is -2.40. The minimum Gasteiger partial charge on any atom is -0.370 e. The highest BCUT2D eigenvalue weighted by atomic mass is 16.5. The molecule has 0 unspecified atom stereocenters. The number of piperidine rings is 1. The molecule has 3 heterocycles. The summed E-state index contributed by atoms with van der Waals surface area (Å²) >= 11 is 0. The van der Waals surface area contributed by atoms with Crippen LogP contribution >= 0.6 is 0 Å². The third-order valence-corrected chi connectivity index (χ3v) is 4.90. The van der Waals surface area contributed by atoms with Crippen LogP contribution in [0.2, 0.25) is 0 Å². The summed E-state index contributed by atoms with van der Waals surface area (Å²) in [5.41, 5.74) is 0.0347. The van der Waals surface area contributed by atoms with Crippen LogP contribution in [0.4, 0.5) is 0 Å². The molecule has 2 aliphatic heterocycles. The van der Waals surface area contributed by atoms with Gasteiger partial charge in [0.05, 0.1) is 11.7 Å². The lowest BCUT2D eigenvalue weighted by Crippen LogP contribution is -2.47. The lowest BCUT2D eigenvalue weighted by atomic mass is 9.88. The van der Waals surface area contributed by atoms with Crippen molar-refractivity contribution in [3.8, 4) is 0 Å². The average molecular weight is 307 g/mol. The number of aromatic amines is 1. The zero-order valence-corrected chi connectivity index (χ0v) is 13.3. The van der Waals surface area contributed by atoms with E-state index >= 15 is 0 Å². The minimum atomic E-state index is -0.225. The second-order valence-corrected chi connectivity index (χ2v) is 6.64. The number of carbonyl (C=O) groups excluding carboxylic acids is 1. The van der Waals surface area contributed by atoms with Crippen LogP contribution in [0.25, 0.3) is 0 Å². The first kappa shape index (κ1) is 15.4. The number of ether oxygens (including phenoxy) is 1. The highest BCUT2D eigenvalue weighted by Gasteiger charge is 2.42. The zero-order valence-electron chi connectivity index (χ0n) is 13.3. The van der Waals surface area contributed by atoms with Crippen LogP contribution in [0, 0.1) is 0 Å². The number of nitrogens with one attached hydrogen (secondary N) is 2. The Morgan fingerprint density at radius 3 is 2.91 bits per heavy atom. The summed E-state index contributed by atoms with van der Waals surface area (Å²) in [6.07, 6.45) is 5.74. The molecule has 7 heteroatoms. The van der Waals surface area contributed by atoms with Crippen molar-refractivity contribution in [2.45, 2.75) is 57.3 Å². The van der Waals surface area contributed by atoms with Crippen molar-refractivity contribution < 1.29 is 9.53 Å². The summed E-state index contributed by atoms with van der Waals surface area (Å²) in [5.74, 6) is 0.0228. The number of likely N-dealkylation sites (tertiary alicyclic amines) is 1. The molecule has 0 aliphatic carbocycles. The third kappa shape index (κ3) is 3.30. The molecular formula is C15H25N5O2. The molecule has 2 fully saturated rings. The molecule has 2 saturated heterocycles. The van der Waals surface area contributed by atoms with Gasteiger partial charge in [0.1, 0.15) is 6.33 Å². The molecule has 2 aliphatic rings. The first-order chi connectivity index (χ1) is 10.6. The number of carbonyl (C=O) groups is 1. The van der Waals surface area contributed by atoms with Crippen LogP contribution in [0.1, 0.15) is 50.1 Å². The van der Waals surface area contributed by atoms with Crippen molar-refractivity contribution in [2.24, 2.45) is 0 Å². The van der Waals surface area contributed by atoms with Crippen LogP contribution in [0.5, 0.6) is 0 Å². The van der Waals surface area contributed by atoms with E-state index in [1.54, 1.807) is 0 Å². The van der Waals surface area contributed by atoms with E-state index in [2.05, 4.69) is 39.2 Å². The Balaban J connectivity index is 1.46. The number of hydrogen-bond donors (Lipinski definition) is 2. The Labute approximate surface area is 130 Å². The molecule has 1 spiro atoms. The fourth-order valence-electron chi connectivity index (χ4n) is 3.46. The van der Waals surface area contributed by atoms with Gasteiger partial charge in [-0.1, -0.05) is 0 Å². The minimum absolute atomic E-state index is 0.0347. The van der Waals surface area contributed by atoms with Gasteiger partial charge in [0, 0.05) is 25.7 Å². The lowest BCUT2D eigenvalue weighted by molar-refractivity contribution is -0.0788. The van der Waals surface area contributed by atoms with Crippen LogP contribution in [-0.2, 0) is 4.74 Å². The van der Waals surface area contributed by atoms with Crippen LogP contribution in [0.3, 0.4) is 0 Å². The van der Waals surface area contributed by atoms with Gasteiger partial charge in [0.15, 0.2) is 0 Å². The molecule has 0 radical (unpaired) electrons. The molecule has 1 atom stereocenters. The fourth-order valence-corrected chi connectivity index (χ4v) is 3.46. The van der Waals surface area contributed by atoms with Gasteiger partial charge in [-0.15, -0.1) is 0 Å². The van der Waals surface area contributed by atoms with Crippen LogP contribution in [-0.4, -0.2) is 63.4 Å².